The van der Waals surface area contributed by atoms with E-state index in [0.29, 0.717) is 12.5 Å². The first kappa shape index (κ1) is 15.7. The van der Waals surface area contributed by atoms with Gasteiger partial charge in [0.15, 0.2) is 0 Å². The van der Waals surface area contributed by atoms with E-state index in [2.05, 4.69) is 31.6 Å². The molecule has 0 unspecified atom stereocenters. The van der Waals surface area contributed by atoms with Crippen LogP contribution in [0.4, 0.5) is 0 Å². The highest BCUT2D eigenvalue weighted by atomic mass is 16.5. The Morgan fingerprint density at radius 3 is 2.96 bits per heavy atom. The van der Waals surface area contributed by atoms with Crippen LogP contribution in [0.1, 0.15) is 12.0 Å². The average Bonchev–Trinajstić information content (AvgIpc) is 3.19. The zero-order valence-corrected chi connectivity index (χ0v) is 13.9. The molecule has 0 N–H and O–H groups in total. The van der Waals surface area contributed by atoms with Crippen molar-refractivity contribution < 1.29 is 9.47 Å². The molecule has 1 spiro atoms. The summed E-state index contributed by atoms with van der Waals surface area (Å²) in [4.78, 5) is 10.7. The molecule has 0 bridgehead atoms. The Morgan fingerprint density at radius 2 is 2.12 bits per heavy atom. The summed E-state index contributed by atoms with van der Waals surface area (Å²) in [6.45, 7) is 6.01. The number of hydrogen-bond acceptors (Lipinski definition) is 5. The summed E-state index contributed by atoms with van der Waals surface area (Å²) in [6.07, 6.45) is 10.5. The van der Waals surface area contributed by atoms with Gasteiger partial charge in [0.25, 0.3) is 0 Å². The van der Waals surface area contributed by atoms with Crippen molar-refractivity contribution in [3.8, 4) is 0 Å². The van der Waals surface area contributed by atoms with Crippen LogP contribution in [-0.4, -0.2) is 57.9 Å². The van der Waals surface area contributed by atoms with Gasteiger partial charge < -0.3 is 14.0 Å². The Kier molecular flexibility index (Phi) is 4.60. The van der Waals surface area contributed by atoms with Crippen LogP contribution < -0.4 is 0 Å². The van der Waals surface area contributed by atoms with Gasteiger partial charge in [-0.3, -0.25) is 9.88 Å². The zero-order chi connectivity index (χ0) is 16.2. The number of aromatic nitrogens is 3. The summed E-state index contributed by atoms with van der Waals surface area (Å²) in [7, 11) is 0. The van der Waals surface area contributed by atoms with Crippen LogP contribution in [0.3, 0.4) is 0 Å². The van der Waals surface area contributed by atoms with Crippen LogP contribution >= 0.6 is 0 Å². The highest BCUT2D eigenvalue weighted by Gasteiger charge is 2.43. The van der Waals surface area contributed by atoms with E-state index in [1.54, 1.807) is 0 Å². The van der Waals surface area contributed by atoms with Gasteiger partial charge in [0.2, 0.25) is 0 Å². The molecule has 0 aromatic carbocycles. The van der Waals surface area contributed by atoms with Gasteiger partial charge in [-0.1, -0.05) is 0 Å². The second-order valence-electron chi connectivity index (χ2n) is 6.94. The molecular formula is C18H24N4O2. The Bertz CT molecular complexity index is 634. The van der Waals surface area contributed by atoms with E-state index in [4.69, 9.17) is 9.47 Å². The third kappa shape index (κ3) is 3.66. The molecule has 6 nitrogen and oxygen atoms in total. The minimum absolute atomic E-state index is 0.172. The lowest BCUT2D eigenvalue weighted by molar-refractivity contribution is -0.0563. The molecule has 128 valence electrons. The highest BCUT2D eigenvalue weighted by Crippen LogP contribution is 2.33. The number of nitrogens with zero attached hydrogens (tertiary/aromatic N) is 4. The first-order chi connectivity index (χ1) is 11.8. The van der Waals surface area contributed by atoms with Gasteiger partial charge in [-0.2, -0.15) is 0 Å². The van der Waals surface area contributed by atoms with Gasteiger partial charge in [0.05, 0.1) is 26.1 Å². The maximum absolute atomic E-state index is 6.28. The molecule has 4 heterocycles. The van der Waals surface area contributed by atoms with Crippen molar-refractivity contribution in [2.24, 2.45) is 5.92 Å². The van der Waals surface area contributed by atoms with E-state index in [9.17, 15) is 0 Å². The fourth-order valence-electron chi connectivity index (χ4n) is 3.82. The third-order valence-corrected chi connectivity index (χ3v) is 4.90. The van der Waals surface area contributed by atoms with Crippen molar-refractivity contribution in [2.75, 3.05) is 32.9 Å². The molecule has 2 saturated heterocycles. The van der Waals surface area contributed by atoms with Gasteiger partial charge in [-0.25, -0.2) is 4.98 Å². The van der Waals surface area contributed by atoms with Gasteiger partial charge >= 0.3 is 0 Å². The Hall–Kier alpha value is -1.76. The molecule has 24 heavy (non-hydrogen) atoms. The predicted molar refractivity (Wildman–Crippen MR) is 89.4 cm³/mol. The lowest BCUT2D eigenvalue weighted by Crippen LogP contribution is -2.43. The van der Waals surface area contributed by atoms with E-state index < -0.39 is 0 Å². The Balaban J connectivity index is 1.40. The first-order valence-corrected chi connectivity index (χ1v) is 8.60. The smallest absolute Gasteiger partial charge is 0.104 e. The molecule has 0 radical (unpaired) electrons. The molecule has 2 atom stereocenters. The molecule has 0 saturated carbocycles. The van der Waals surface area contributed by atoms with Crippen molar-refractivity contribution >= 4 is 0 Å². The van der Waals surface area contributed by atoms with Crippen molar-refractivity contribution in [3.05, 3.63) is 48.8 Å². The minimum atomic E-state index is -0.172. The van der Waals surface area contributed by atoms with Crippen LogP contribution in [0.2, 0.25) is 0 Å². The third-order valence-electron chi connectivity index (χ3n) is 4.90. The largest absolute Gasteiger partial charge is 0.377 e. The van der Waals surface area contributed by atoms with Gasteiger partial charge in [-0.05, 0) is 24.1 Å². The van der Waals surface area contributed by atoms with Crippen LogP contribution in [0.25, 0.3) is 0 Å². The minimum Gasteiger partial charge on any atom is -0.377 e. The molecule has 2 aromatic rings. The van der Waals surface area contributed by atoms with E-state index >= 15 is 0 Å². The quantitative estimate of drug-likeness (QED) is 0.853. The molecule has 2 aliphatic heterocycles. The number of pyridine rings is 1. The monoisotopic (exact) mass is 328 g/mol. The second kappa shape index (κ2) is 7.01. The van der Waals surface area contributed by atoms with Crippen molar-refractivity contribution in [1.82, 2.24) is 19.4 Å². The average molecular weight is 328 g/mol. The topological polar surface area (TPSA) is 52.4 Å². The molecule has 2 fully saturated rings. The standard InChI is InChI=1S/C18H24N4O2/c1-3-19-4-2-16(1)10-21-7-8-23-14-18(13-21)9-17(12-24-18)11-22-6-5-20-15-22/h1-6,15,17H,7-14H2/t17-,18-/m0/s1. The molecule has 0 amide bonds. The fraction of sp³-hybridized carbons (Fsp3) is 0.556. The maximum Gasteiger partial charge on any atom is 0.104 e. The molecular weight excluding hydrogens is 304 g/mol. The lowest BCUT2D eigenvalue weighted by Gasteiger charge is -2.31. The summed E-state index contributed by atoms with van der Waals surface area (Å²) in [5.74, 6) is 0.517. The van der Waals surface area contributed by atoms with Crippen LogP contribution in [-0.2, 0) is 22.6 Å². The van der Waals surface area contributed by atoms with Crippen LogP contribution in [0, 0.1) is 5.92 Å². The molecule has 2 aliphatic rings. The van der Waals surface area contributed by atoms with Gasteiger partial charge in [-0.15, -0.1) is 0 Å². The highest BCUT2D eigenvalue weighted by molar-refractivity contribution is 5.10. The number of imidazole rings is 1. The predicted octanol–water partition coefficient (Wildman–Crippen LogP) is 1.59. The van der Waals surface area contributed by atoms with E-state index in [-0.39, 0.29) is 5.60 Å². The van der Waals surface area contributed by atoms with Gasteiger partial charge in [0, 0.05) is 56.9 Å². The molecule has 6 heteroatoms. The van der Waals surface area contributed by atoms with Crippen molar-refractivity contribution in [1.29, 1.82) is 0 Å². The fourth-order valence-corrected chi connectivity index (χ4v) is 3.82. The van der Waals surface area contributed by atoms with E-state index in [1.165, 1.54) is 5.56 Å². The Labute approximate surface area is 142 Å². The van der Waals surface area contributed by atoms with Crippen molar-refractivity contribution in [3.63, 3.8) is 0 Å². The SMILES string of the molecule is c1cc(CN2CCOC[C@]3(C[C@@H](Cn4ccnc4)CO3)C2)ccn1. The summed E-state index contributed by atoms with van der Waals surface area (Å²) in [5, 5.41) is 0. The molecule has 2 aromatic heterocycles. The molecule has 4 rings (SSSR count). The normalized spacial score (nSPS) is 28.2. The van der Waals surface area contributed by atoms with E-state index in [1.807, 2.05) is 31.1 Å². The first-order valence-electron chi connectivity index (χ1n) is 8.60. The maximum atomic E-state index is 6.28. The second-order valence-corrected chi connectivity index (χ2v) is 6.94. The summed E-state index contributed by atoms with van der Waals surface area (Å²) in [6, 6.07) is 4.16. The number of hydrogen-bond donors (Lipinski definition) is 0. The van der Waals surface area contributed by atoms with Crippen LogP contribution in [0.5, 0.6) is 0 Å². The Morgan fingerprint density at radius 1 is 1.21 bits per heavy atom. The van der Waals surface area contributed by atoms with Crippen molar-refractivity contribution in [2.45, 2.75) is 25.1 Å². The number of rotatable bonds is 4. The summed E-state index contributed by atoms with van der Waals surface area (Å²) < 4.78 is 14.3. The van der Waals surface area contributed by atoms with Crippen LogP contribution in [0.15, 0.2) is 43.2 Å². The molecule has 0 aliphatic carbocycles. The number of ether oxygens (including phenoxy) is 2. The summed E-state index contributed by atoms with van der Waals surface area (Å²) >= 11 is 0. The van der Waals surface area contributed by atoms with Gasteiger partial charge in [0.1, 0.15) is 5.60 Å². The lowest BCUT2D eigenvalue weighted by atomic mass is 9.94. The van der Waals surface area contributed by atoms with E-state index in [0.717, 1.165) is 45.8 Å². The summed E-state index contributed by atoms with van der Waals surface area (Å²) in [5.41, 5.74) is 1.12. The zero-order valence-electron chi connectivity index (χ0n) is 13.9.